The molecule has 5 nitrogen and oxygen atoms in total. The van der Waals surface area contributed by atoms with Crippen LogP contribution in [0.1, 0.15) is 55.3 Å². The van der Waals surface area contributed by atoms with Gasteiger partial charge in [-0.3, -0.25) is 9.59 Å². The summed E-state index contributed by atoms with van der Waals surface area (Å²) in [7, 11) is 0. The van der Waals surface area contributed by atoms with Crippen LogP contribution >= 0.6 is 11.6 Å². The van der Waals surface area contributed by atoms with Crippen LogP contribution in [0.25, 0.3) is 0 Å². The number of anilines is 2. The summed E-state index contributed by atoms with van der Waals surface area (Å²) in [6.45, 7) is 0. The van der Waals surface area contributed by atoms with Gasteiger partial charge in [-0.15, -0.1) is 0 Å². The van der Waals surface area contributed by atoms with E-state index < -0.39 is 0 Å². The highest BCUT2D eigenvalue weighted by Gasteiger charge is 2.22. The minimum Gasteiger partial charge on any atom is -0.454 e. The van der Waals surface area contributed by atoms with Crippen molar-refractivity contribution in [3.05, 3.63) is 47.0 Å². The van der Waals surface area contributed by atoms with Crippen LogP contribution in [0.3, 0.4) is 0 Å². The van der Waals surface area contributed by atoms with Crippen LogP contribution in [0.15, 0.2) is 36.4 Å². The van der Waals surface area contributed by atoms with E-state index in [4.69, 9.17) is 16.3 Å². The number of benzene rings is 2. The monoisotopic (exact) mass is 398 g/mol. The predicted molar refractivity (Wildman–Crippen MR) is 110 cm³/mol. The number of hydrogen-bond donors (Lipinski definition) is 2. The third-order valence-electron chi connectivity index (χ3n) is 5.42. The number of carbonyl (C=O) groups excluding carboxylic acids is 2. The van der Waals surface area contributed by atoms with Gasteiger partial charge in [0, 0.05) is 17.1 Å². The van der Waals surface area contributed by atoms with E-state index in [1.54, 1.807) is 36.4 Å². The Morgan fingerprint density at radius 1 is 1.11 bits per heavy atom. The van der Waals surface area contributed by atoms with E-state index in [0.717, 1.165) is 6.42 Å². The highest BCUT2D eigenvalue weighted by molar-refractivity contribution is 6.31. The van der Waals surface area contributed by atoms with Gasteiger partial charge in [-0.2, -0.15) is 0 Å². The molecule has 146 valence electrons. The normalized spacial score (nSPS) is 16.2. The maximum Gasteiger partial charge on any atom is 0.259 e. The van der Waals surface area contributed by atoms with Gasteiger partial charge in [0.2, 0.25) is 5.91 Å². The summed E-state index contributed by atoms with van der Waals surface area (Å²) >= 11 is 6.00. The molecule has 4 rings (SSSR count). The van der Waals surface area contributed by atoms with Gasteiger partial charge in [0.15, 0.2) is 5.75 Å². The zero-order chi connectivity index (χ0) is 19.5. The van der Waals surface area contributed by atoms with Crippen molar-refractivity contribution in [1.82, 2.24) is 0 Å². The number of amides is 2. The van der Waals surface area contributed by atoms with Gasteiger partial charge < -0.3 is 15.4 Å². The lowest BCUT2D eigenvalue weighted by atomic mass is 9.86. The molecule has 6 heteroatoms. The molecule has 2 amide bonds. The highest BCUT2D eigenvalue weighted by atomic mass is 35.5. The molecule has 0 bridgehead atoms. The van der Waals surface area contributed by atoms with Crippen molar-refractivity contribution in [2.45, 2.75) is 44.9 Å². The van der Waals surface area contributed by atoms with Gasteiger partial charge in [0.1, 0.15) is 5.75 Å². The fraction of sp³-hybridized carbons (Fsp3) is 0.364. The molecule has 0 aromatic heterocycles. The minimum absolute atomic E-state index is 0.0180. The fourth-order valence-corrected chi connectivity index (χ4v) is 4.08. The molecular weight excluding hydrogens is 376 g/mol. The van der Waals surface area contributed by atoms with Crippen molar-refractivity contribution in [3.8, 4) is 11.5 Å². The number of carbonyl (C=O) groups is 2. The van der Waals surface area contributed by atoms with Crippen molar-refractivity contribution in [3.63, 3.8) is 0 Å². The van der Waals surface area contributed by atoms with Crippen molar-refractivity contribution < 1.29 is 14.3 Å². The molecule has 0 spiro atoms. The van der Waals surface area contributed by atoms with E-state index >= 15 is 0 Å². The van der Waals surface area contributed by atoms with Gasteiger partial charge in [-0.1, -0.05) is 43.7 Å². The zero-order valence-corrected chi connectivity index (χ0v) is 16.3. The van der Waals surface area contributed by atoms with Gasteiger partial charge >= 0.3 is 0 Å². The summed E-state index contributed by atoms with van der Waals surface area (Å²) < 4.78 is 5.86. The lowest BCUT2D eigenvalue weighted by Gasteiger charge is -2.21. The summed E-state index contributed by atoms with van der Waals surface area (Å²) in [5.41, 5.74) is 1.49. The Bertz CT molecular complexity index is 907. The molecule has 0 saturated heterocycles. The lowest BCUT2D eigenvalue weighted by Crippen LogP contribution is -2.16. The Labute approximate surface area is 169 Å². The Kier molecular flexibility index (Phi) is 5.53. The smallest absolute Gasteiger partial charge is 0.259 e. The SMILES string of the molecule is O=C(CCC1CCCCC1)Nc1ccc2c(c1)C(=O)Nc1cc(Cl)ccc1O2. The molecule has 2 N–H and O–H groups in total. The van der Waals surface area contributed by atoms with Gasteiger partial charge in [-0.05, 0) is 48.7 Å². The van der Waals surface area contributed by atoms with E-state index in [1.807, 2.05) is 0 Å². The molecule has 1 aliphatic heterocycles. The zero-order valence-electron chi connectivity index (χ0n) is 15.6. The number of rotatable bonds is 4. The van der Waals surface area contributed by atoms with Gasteiger partial charge in [0.25, 0.3) is 5.91 Å². The van der Waals surface area contributed by atoms with E-state index in [9.17, 15) is 9.59 Å². The fourth-order valence-electron chi connectivity index (χ4n) is 3.91. The van der Waals surface area contributed by atoms with Gasteiger partial charge in [0.05, 0.1) is 11.3 Å². The first-order valence-electron chi connectivity index (χ1n) is 9.81. The number of nitrogens with one attached hydrogen (secondary N) is 2. The van der Waals surface area contributed by atoms with Crippen LogP contribution in [-0.2, 0) is 4.79 Å². The average molecular weight is 399 g/mol. The Hall–Kier alpha value is -2.53. The molecule has 1 saturated carbocycles. The molecule has 2 aromatic rings. The molecule has 2 aliphatic rings. The van der Waals surface area contributed by atoms with Crippen LogP contribution in [-0.4, -0.2) is 11.8 Å². The average Bonchev–Trinajstić information content (AvgIpc) is 2.83. The van der Waals surface area contributed by atoms with Crippen LogP contribution < -0.4 is 15.4 Å². The minimum atomic E-state index is -0.297. The highest BCUT2D eigenvalue weighted by Crippen LogP contribution is 2.38. The van der Waals surface area contributed by atoms with E-state index in [0.29, 0.717) is 45.8 Å². The quantitative estimate of drug-likeness (QED) is 0.663. The maximum absolute atomic E-state index is 12.6. The largest absolute Gasteiger partial charge is 0.454 e. The first-order valence-corrected chi connectivity index (χ1v) is 10.2. The molecule has 0 unspecified atom stereocenters. The molecule has 1 aliphatic carbocycles. The summed E-state index contributed by atoms with van der Waals surface area (Å²) in [6, 6.07) is 10.2. The molecule has 28 heavy (non-hydrogen) atoms. The molecule has 2 aromatic carbocycles. The van der Waals surface area contributed by atoms with Crippen molar-refractivity contribution in [1.29, 1.82) is 0 Å². The van der Waals surface area contributed by atoms with Crippen molar-refractivity contribution in [2.24, 2.45) is 5.92 Å². The molecule has 0 radical (unpaired) electrons. The Balaban J connectivity index is 1.44. The van der Waals surface area contributed by atoms with Crippen LogP contribution in [0.5, 0.6) is 11.5 Å². The third kappa shape index (κ3) is 4.30. The summed E-state index contributed by atoms with van der Waals surface area (Å²) in [6.07, 6.45) is 7.77. The molecular formula is C22H23ClN2O3. The Morgan fingerprint density at radius 2 is 1.89 bits per heavy atom. The third-order valence-corrected chi connectivity index (χ3v) is 5.66. The van der Waals surface area contributed by atoms with Crippen molar-refractivity contribution >= 4 is 34.8 Å². The van der Waals surface area contributed by atoms with Crippen LogP contribution in [0.4, 0.5) is 11.4 Å². The summed E-state index contributed by atoms with van der Waals surface area (Å²) in [4.78, 5) is 24.9. The second-order valence-corrected chi connectivity index (χ2v) is 7.93. The molecule has 1 heterocycles. The predicted octanol–water partition coefficient (Wildman–Crippen LogP) is 6.00. The molecule has 0 atom stereocenters. The number of ether oxygens (including phenoxy) is 1. The maximum atomic E-state index is 12.6. The number of halogens is 1. The first-order chi connectivity index (χ1) is 13.6. The summed E-state index contributed by atoms with van der Waals surface area (Å²) in [5.74, 6) is 1.32. The van der Waals surface area contributed by atoms with E-state index in [2.05, 4.69) is 10.6 Å². The Morgan fingerprint density at radius 3 is 2.71 bits per heavy atom. The van der Waals surface area contributed by atoms with Crippen LogP contribution in [0.2, 0.25) is 5.02 Å². The van der Waals surface area contributed by atoms with Gasteiger partial charge in [-0.25, -0.2) is 0 Å². The second-order valence-electron chi connectivity index (χ2n) is 7.50. The van der Waals surface area contributed by atoms with E-state index in [-0.39, 0.29) is 11.8 Å². The van der Waals surface area contributed by atoms with Crippen LogP contribution in [0, 0.1) is 5.92 Å². The van der Waals surface area contributed by atoms with E-state index in [1.165, 1.54) is 32.1 Å². The van der Waals surface area contributed by atoms with Crippen molar-refractivity contribution in [2.75, 3.05) is 10.6 Å². The standard InChI is InChI=1S/C22H23ClN2O3/c23-15-7-9-20-18(12-15)25-22(27)17-13-16(8-10-19(17)28-20)24-21(26)11-6-14-4-2-1-3-5-14/h7-10,12-14H,1-6,11H2,(H,24,26)(H,25,27). The molecule has 1 fully saturated rings. The topological polar surface area (TPSA) is 67.4 Å². The number of hydrogen-bond acceptors (Lipinski definition) is 3. The summed E-state index contributed by atoms with van der Waals surface area (Å²) in [5, 5.41) is 6.23. The number of fused-ring (bicyclic) bond motifs is 2. The lowest BCUT2D eigenvalue weighted by molar-refractivity contribution is -0.116. The first kappa shape index (κ1) is 18.8. The second kappa shape index (κ2) is 8.23.